The number of hydrogen-bond acceptors (Lipinski definition) is 3. The molecule has 2 aliphatic rings. The molecule has 2 N–H and O–H groups in total. The summed E-state index contributed by atoms with van der Waals surface area (Å²) >= 11 is 5.94. The number of amides is 1. The van der Waals surface area contributed by atoms with Gasteiger partial charge in [0.1, 0.15) is 0 Å². The maximum absolute atomic E-state index is 12.8. The van der Waals surface area contributed by atoms with Gasteiger partial charge in [0, 0.05) is 22.8 Å². The van der Waals surface area contributed by atoms with E-state index in [9.17, 15) is 13.2 Å². The van der Waals surface area contributed by atoms with Crippen molar-refractivity contribution in [1.29, 1.82) is 0 Å². The van der Waals surface area contributed by atoms with E-state index in [1.807, 2.05) is 19.1 Å². The topological polar surface area (TPSA) is 75.3 Å². The Hall–Kier alpha value is -2.15. The number of carbonyl (C=O) groups excluding carboxylic acids is 1. The average molecular weight is 459 g/mol. The van der Waals surface area contributed by atoms with E-state index in [1.54, 1.807) is 30.3 Å². The molecule has 2 aromatic carbocycles. The van der Waals surface area contributed by atoms with E-state index in [2.05, 4.69) is 10.0 Å². The van der Waals surface area contributed by atoms with E-state index < -0.39 is 10.0 Å². The van der Waals surface area contributed by atoms with Crippen LogP contribution in [0.2, 0.25) is 5.02 Å². The molecule has 0 heterocycles. The van der Waals surface area contributed by atoms with Crippen molar-refractivity contribution in [2.75, 3.05) is 5.32 Å². The van der Waals surface area contributed by atoms with Crippen LogP contribution in [0.4, 0.5) is 5.69 Å². The first-order valence-electron chi connectivity index (χ1n) is 10.7. The number of sulfonamides is 1. The highest BCUT2D eigenvalue weighted by Crippen LogP contribution is 2.49. The summed E-state index contributed by atoms with van der Waals surface area (Å²) in [6.07, 6.45) is 7.97. The van der Waals surface area contributed by atoms with Crippen LogP contribution < -0.4 is 10.0 Å². The molecule has 2 fully saturated rings. The zero-order valence-electron chi connectivity index (χ0n) is 17.4. The van der Waals surface area contributed by atoms with E-state index in [0.29, 0.717) is 22.5 Å². The molecule has 2 saturated carbocycles. The summed E-state index contributed by atoms with van der Waals surface area (Å²) in [6, 6.07) is 13.3. The van der Waals surface area contributed by atoms with Crippen LogP contribution in [-0.4, -0.2) is 20.4 Å². The maximum Gasteiger partial charge on any atom is 0.248 e. The van der Waals surface area contributed by atoms with Crippen molar-refractivity contribution in [1.82, 2.24) is 4.72 Å². The number of fused-ring (bicyclic) bond motifs is 2. The normalized spacial score (nSPS) is 23.9. The number of hydrogen-bond donors (Lipinski definition) is 2. The van der Waals surface area contributed by atoms with E-state index in [1.165, 1.54) is 37.5 Å². The first kappa shape index (κ1) is 22.1. The molecule has 31 heavy (non-hydrogen) atoms. The zero-order chi connectivity index (χ0) is 22.0. The second kappa shape index (κ2) is 9.15. The van der Waals surface area contributed by atoms with Crippen molar-refractivity contribution in [3.05, 3.63) is 65.2 Å². The van der Waals surface area contributed by atoms with Crippen LogP contribution in [0.5, 0.6) is 0 Å². The van der Waals surface area contributed by atoms with Crippen LogP contribution in [0.15, 0.2) is 59.5 Å². The Morgan fingerprint density at radius 1 is 1.13 bits per heavy atom. The largest absolute Gasteiger partial charge is 0.323 e. The summed E-state index contributed by atoms with van der Waals surface area (Å²) in [5, 5.41) is 3.34. The van der Waals surface area contributed by atoms with Gasteiger partial charge in [-0.2, -0.15) is 0 Å². The minimum absolute atomic E-state index is 0.0729. The van der Waals surface area contributed by atoms with Gasteiger partial charge < -0.3 is 5.32 Å². The monoisotopic (exact) mass is 458 g/mol. The molecule has 1 amide bonds. The van der Waals surface area contributed by atoms with E-state index in [0.717, 1.165) is 17.9 Å². The number of carbonyl (C=O) groups is 1. The van der Waals surface area contributed by atoms with Crippen LogP contribution in [0, 0.1) is 17.8 Å². The minimum atomic E-state index is -3.60. The van der Waals surface area contributed by atoms with Gasteiger partial charge in [-0.05, 0) is 92.0 Å². The van der Waals surface area contributed by atoms with Gasteiger partial charge in [0.15, 0.2) is 0 Å². The zero-order valence-corrected chi connectivity index (χ0v) is 19.0. The predicted molar refractivity (Wildman–Crippen MR) is 124 cm³/mol. The molecule has 4 rings (SSSR count). The van der Waals surface area contributed by atoms with Crippen molar-refractivity contribution in [2.24, 2.45) is 17.8 Å². The molecule has 2 aliphatic carbocycles. The van der Waals surface area contributed by atoms with Gasteiger partial charge in [-0.25, -0.2) is 13.1 Å². The fraction of sp³-hybridized carbons (Fsp3) is 0.375. The number of halogens is 1. The summed E-state index contributed by atoms with van der Waals surface area (Å²) < 4.78 is 28.5. The predicted octanol–water partition coefficient (Wildman–Crippen LogP) is 5.09. The average Bonchev–Trinajstić information content (AvgIpc) is 3.36. The Morgan fingerprint density at radius 2 is 1.90 bits per heavy atom. The van der Waals surface area contributed by atoms with E-state index in [4.69, 9.17) is 11.6 Å². The molecule has 4 atom stereocenters. The van der Waals surface area contributed by atoms with Crippen LogP contribution >= 0.6 is 11.6 Å². The van der Waals surface area contributed by atoms with Crippen molar-refractivity contribution < 1.29 is 13.2 Å². The van der Waals surface area contributed by atoms with Crippen molar-refractivity contribution in [2.45, 2.75) is 43.5 Å². The Labute approximate surface area is 188 Å². The number of benzene rings is 2. The third-order valence-electron chi connectivity index (χ3n) is 6.48. The van der Waals surface area contributed by atoms with Gasteiger partial charge >= 0.3 is 0 Å². The molecule has 0 aromatic heterocycles. The van der Waals surface area contributed by atoms with Gasteiger partial charge in [0.25, 0.3) is 0 Å². The lowest BCUT2D eigenvalue weighted by Crippen LogP contribution is -2.40. The van der Waals surface area contributed by atoms with Crippen molar-refractivity contribution in [3.8, 4) is 0 Å². The van der Waals surface area contributed by atoms with Crippen LogP contribution in [0.1, 0.15) is 38.2 Å². The van der Waals surface area contributed by atoms with Gasteiger partial charge in [-0.1, -0.05) is 30.2 Å². The third kappa shape index (κ3) is 5.37. The Morgan fingerprint density at radius 3 is 2.55 bits per heavy atom. The summed E-state index contributed by atoms with van der Waals surface area (Å²) in [5.41, 5.74) is 1.35. The number of nitrogens with one attached hydrogen (secondary N) is 2. The highest BCUT2D eigenvalue weighted by atomic mass is 35.5. The van der Waals surface area contributed by atoms with Crippen LogP contribution in [-0.2, 0) is 14.8 Å². The maximum atomic E-state index is 12.8. The lowest BCUT2D eigenvalue weighted by atomic mass is 9.84. The second-order valence-electron chi connectivity index (χ2n) is 8.65. The van der Waals surface area contributed by atoms with Crippen molar-refractivity contribution >= 4 is 39.3 Å². The summed E-state index contributed by atoms with van der Waals surface area (Å²) in [5.74, 6) is 1.55. The molecule has 0 unspecified atom stereocenters. The van der Waals surface area contributed by atoms with Crippen molar-refractivity contribution in [3.63, 3.8) is 0 Å². The van der Waals surface area contributed by atoms with Gasteiger partial charge in [-0.15, -0.1) is 0 Å². The molecule has 0 saturated heterocycles. The Balaban J connectivity index is 1.35. The molecule has 0 aliphatic heterocycles. The first-order valence-corrected chi connectivity index (χ1v) is 12.5. The molecular formula is C24H27ClN2O3S. The molecule has 164 valence electrons. The molecule has 7 heteroatoms. The number of anilines is 1. The highest BCUT2D eigenvalue weighted by Gasteiger charge is 2.42. The lowest BCUT2D eigenvalue weighted by Gasteiger charge is -2.28. The summed E-state index contributed by atoms with van der Waals surface area (Å²) in [7, 11) is -3.60. The Kier molecular flexibility index (Phi) is 6.51. The molecule has 0 spiro atoms. The van der Waals surface area contributed by atoms with Crippen LogP contribution in [0.25, 0.3) is 6.08 Å². The smallest absolute Gasteiger partial charge is 0.248 e. The fourth-order valence-corrected chi connectivity index (χ4v) is 6.48. The molecule has 2 bridgehead atoms. The highest BCUT2D eigenvalue weighted by molar-refractivity contribution is 7.89. The number of rotatable bonds is 7. The molecule has 5 nitrogen and oxygen atoms in total. The van der Waals surface area contributed by atoms with E-state index in [-0.39, 0.29) is 16.8 Å². The fourth-order valence-electron chi connectivity index (χ4n) is 4.99. The second-order valence-corrected chi connectivity index (χ2v) is 10.8. The van der Waals surface area contributed by atoms with E-state index >= 15 is 0 Å². The first-order chi connectivity index (χ1) is 14.8. The summed E-state index contributed by atoms with van der Waals surface area (Å²) in [4.78, 5) is 12.3. The third-order valence-corrected chi connectivity index (χ3v) is 8.29. The quantitative estimate of drug-likeness (QED) is 0.567. The summed E-state index contributed by atoms with van der Waals surface area (Å²) in [6.45, 7) is 1.98. The minimum Gasteiger partial charge on any atom is -0.323 e. The van der Waals surface area contributed by atoms with Gasteiger partial charge in [0.05, 0.1) is 4.90 Å². The molecular weight excluding hydrogens is 432 g/mol. The van der Waals surface area contributed by atoms with Gasteiger partial charge in [0.2, 0.25) is 15.9 Å². The lowest BCUT2D eigenvalue weighted by molar-refractivity contribution is -0.111. The van der Waals surface area contributed by atoms with Gasteiger partial charge in [-0.3, -0.25) is 4.79 Å². The molecule has 2 aromatic rings. The SMILES string of the molecule is C[C@H](NS(=O)(=O)c1ccc(NC(=O)/C=C/c2cccc(Cl)c2)cc1)[C@H]1C[C@@H]2CC[C@@H]1C2. The Bertz CT molecular complexity index is 1080. The van der Waals surface area contributed by atoms with Crippen LogP contribution in [0.3, 0.4) is 0 Å². The standard InChI is InChI=1S/C24H27ClN2O3S/c1-16(23-15-18-5-7-19(23)13-18)27-31(29,30)22-10-8-21(9-11-22)26-24(28)12-6-17-3-2-4-20(25)14-17/h2-4,6,8-12,14,16,18-19,23,27H,5,7,13,15H2,1H3,(H,26,28)/b12-6+/t16-,18+,19+,23+/m0/s1. The molecule has 0 radical (unpaired) electrons.